The van der Waals surface area contributed by atoms with Gasteiger partial charge in [-0.05, 0) is 42.0 Å². The van der Waals surface area contributed by atoms with Crippen LogP contribution in [0, 0.1) is 0 Å². The predicted molar refractivity (Wildman–Crippen MR) is 95.3 cm³/mol. The summed E-state index contributed by atoms with van der Waals surface area (Å²) in [6.45, 7) is 1.05. The summed E-state index contributed by atoms with van der Waals surface area (Å²) >= 11 is 13.0. The first-order valence-electron chi connectivity index (χ1n) is 7.56. The van der Waals surface area contributed by atoms with E-state index in [0.717, 1.165) is 40.2 Å². The van der Waals surface area contributed by atoms with Crippen LogP contribution in [0.3, 0.4) is 0 Å². The summed E-state index contributed by atoms with van der Waals surface area (Å²) in [5.41, 5.74) is 3.88. The Morgan fingerprint density at radius 2 is 1.77 bits per heavy atom. The van der Waals surface area contributed by atoms with E-state index in [1.807, 2.05) is 12.1 Å². The smallest absolute Gasteiger partial charge is 0.0545 e. The maximum absolute atomic E-state index is 6.75. The van der Waals surface area contributed by atoms with Crippen molar-refractivity contribution in [1.82, 2.24) is 4.57 Å². The summed E-state index contributed by atoms with van der Waals surface area (Å²) in [6.07, 6.45) is 2.18. The first kappa shape index (κ1) is 12.8. The summed E-state index contributed by atoms with van der Waals surface area (Å²) in [7, 11) is 0. The van der Waals surface area contributed by atoms with E-state index in [-0.39, 0.29) is 0 Å². The normalized spacial score (nSPS) is 14.3. The second kappa shape index (κ2) is 4.41. The van der Waals surface area contributed by atoms with E-state index in [2.05, 4.69) is 34.9 Å². The van der Waals surface area contributed by atoms with Crippen LogP contribution in [0.5, 0.6) is 0 Å². The largest absolute Gasteiger partial charge is 0.340 e. The molecule has 1 nitrogen and oxygen atoms in total. The van der Waals surface area contributed by atoms with Crippen molar-refractivity contribution in [3.05, 3.63) is 58.1 Å². The van der Waals surface area contributed by atoms with Gasteiger partial charge in [-0.3, -0.25) is 0 Å². The molecule has 3 heteroatoms. The molecule has 0 saturated heterocycles. The van der Waals surface area contributed by atoms with E-state index in [1.54, 1.807) is 0 Å². The lowest BCUT2D eigenvalue weighted by Gasteiger charge is -2.19. The van der Waals surface area contributed by atoms with Gasteiger partial charge in [0.2, 0.25) is 0 Å². The Balaban J connectivity index is 2.19. The van der Waals surface area contributed by atoms with Gasteiger partial charge in [-0.25, -0.2) is 0 Å². The highest BCUT2D eigenvalue weighted by atomic mass is 35.5. The lowest BCUT2D eigenvalue weighted by molar-refractivity contribution is 0.652. The van der Waals surface area contributed by atoms with Gasteiger partial charge in [-0.2, -0.15) is 0 Å². The first-order valence-corrected chi connectivity index (χ1v) is 8.32. The fourth-order valence-electron chi connectivity index (χ4n) is 3.95. The molecule has 0 amide bonds. The Bertz CT molecular complexity index is 1080. The third-order valence-electron chi connectivity index (χ3n) is 4.82. The Hall–Kier alpha value is -1.70. The van der Waals surface area contributed by atoms with Crippen molar-refractivity contribution < 1.29 is 0 Å². The van der Waals surface area contributed by atoms with Crippen LogP contribution >= 0.6 is 23.2 Å². The molecule has 0 bridgehead atoms. The number of fused-ring (bicyclic) bond motifs is 5. The van der Waals surface area contributed by atoms with Gasteiger partial charge in [0.1, 0.15) is 0 Å². The number of nitrogens with zero attached hydrogens (tertiary/aromatic N) is 1. The molecule has 108 valence electrons. The molecule has 0 atom stereocenters. The second-order valence-electron chi connectivity index (χ2n) is 5.98. The van der Waals surface area contributed by atoms with Crippen LogP contribution in [0.4, 0.5) is 0 Å². The van der Waals surface area contributed by atoms with Crippen molar-refractivity contribution in [2.75, 3.05) is 0 Å². The number of rotatable bonds is 0. The van der Waals surface area contributed by atoms with Gasteiger partial charge in [0.15, 0.2) is 0 Å². The highest BCUT2D eigenvalue weighted by molar-refractivity contribution is 6.41. The van der Waals surface area contributed by atoms with E-state index >= 15 is 0 Å². The van der Waals surface area contributed by atoms with Crippen molar-refractivity contribution >= 4 is 55.8 Å². The summed E-state index contributed by atoms with van der Waals surface area (Å²) < 4.78 is 2.43. The van der Waals surface area contributed by atoms with Crippen LogP contribution in [0.2, 0.25) is 10.0 Å². The molecule has 0 radical (unpaired) electrons. The predicted octanol–water partition coefficient (Wildman–Crippen LogP) is 6.20. The molecule has 3 aromatic carbocycles. The zero-order valence-electron chi connectivity index (χ0n) is 11.9. The lowest BCUT2D eigenvalue weighted by Crippen LogP contribution is -2.08. The molecule has 2 heterocycles. The fourth-order valence-corrected chi connectivity index (χ4v) is 4.47. The number of hydrogen-bond donors (Lipinski definition) is 0. The standard InChI is InChI=1S/C19H13Cl2N/c20-11-7-8-12-15(10-11)17-13-4-1-2-6-16(13)22-9-3-5-14(18(12)21)19(17)22/h1-2,4,6-8,10H,3,5,9H2. The molecule has 0 spiro atoms. The lowest BCUT2D eigenvalue weighted by atomic mass is 9.96. The monoisotopic (exact) mass is 325 g/mol. The molecular weight excluding hydrogens is 313 g/mol. The topological polar surface area (TPSA) is 4.93 Å². The van der Waals surface area contributed by atoms with E-state index in [9.17, 15) is 0 Å². The van der Waals surface area contributed by atoms with Gasteiger partial charge >= 0.3 is 0 Å². The second-order valence-corrected chi connectivity index (χ2v) is 6.79. The molecular formula is C19H13Cl2N. The fraction of sp³-hybridized carbons (Fsp3) is 0.158. The molecule has 22 heavy (non-hydrogen) atoms. The molecule has 0 N–H and O–H groups in total. The van der Waals surface area contributed by atoms with Gasteiger partial charge in [-0.15, -0.1) is 0 Å². The van der Waals surface area contributed by atoms with Crippen LogP contribution in [0.1, 0.15) is 12.0 Å². The molecule has 1 aliphatic rings. The zero-order chi connectivity index (χ0) is 14.8. The number of halogens is 2. The van der Waals surface area contributed by atoms with E-state index in [1.165, 1.54) is 27.4 Å². The molecule has 1 aliphatic heterocycles. The van der Waals surface area contributed by atoms with Crippen LogP contribution in [0.15, 0.2) is 42.5 Å². The third kappa shape index (κ3) is 1.51. The van der Waals surface area contributed by atoms with Gasteiger partial charge in [0.05, 0.1) is 10.5 Å². The minimum atomic E-state index is 0.756. The first-order chi connectivity index (χ1) is 10.8. The number of aryl methyl sites for hydroxylation is 2. The minimum absolute atomic E-state index is 0.756. The average molecular weight is 326 g/mol. The van der Waals surface area contributed by atoms with Crippen LogP contribution < -0.4 is 0 Å². The summed E-state index contributed by atoms with van der Waals surface area (Å²) in [5.74, 6) is 0. The molecule has 0 aliphatic carbocycles. The number of benzene rings is 3. The number of hydrogen-bond acceptors (Lipinski definition) is 0. The molecule has 5 rings (SSSR count). The molecule has 1 aromatic heterocycles. The highest BCUT2D eigenvalue weighted by Gasteiger charge is 2.23. The average Bonchev–Trinajstić information content (AvgIpc) is 2.88. The van der Waals surface area contributed by atoms with Crippen LogP contribution in [-0.2, 0) is 13.0 Å². The van der Waals surface area contributed by atoms with Crippen LogP contribution in [0.25, 0.3) is 32.6 Å². The minimum Gasteiger partial charge on any atom is -0.340 e. The molecule has 0 fully saturated rings. The van der Waals surface area contributed by atoms with Crippen molar-refractivity contribution in [1.29, 1.82) is 0 Å². The molecule has 0 unspecified atom stereocenters. The maximum atomic E-state index is 6.75. The van der Waals surface area contributed by atoms with Gasteiger partial charge < -0.3 is 4.57 Å². The van der Waals surface area contributed by atoms with Gasteiger partial charge in [0, 0.05) is 33.2 Å². The SMILES string of the molecule is Clc1ccc2c(Cl)c3c4c(c2c1)c1ccccc1n4CCC3. The van der Waals surface area contributed by atoms with E-state index in [0.29, 0.717) is 0 Å². The zero-order valence-corrected chi connectivity index (χ0v) is 13.4. The van der Waals surface area contributed by atoms with Crippen molar-refractivity contribution in [2.24, 2.45) is 0 Å². The third-order valence-corrected chi connectivity index (χ3v) is 5.48. The van der Waals surface area contributed by atoms with E-state index < -0.39 is 0 Å². The van der Waals surface area contributed by atoms with Gasteiger partial charge in [-0.1, -0.05) is 47.5 Å². The highest BCUT2D eigenvalue weighted by Crippen LogP contribution is 2.44. The van der Waals surface area contributed by atoms with Gasteiger partial charge in [0.25, 0.3) is 0 Å². The Labute approximate surface area is 138 Å². The molecule has 0 saturated carbocycles. The Kier molecular flexibility index (Phi) is 2.56. The van der Waals surface area contributed by atoms with Crippen molar-refractivity contribution in [2.45, 2.75) is 19.4 Å². The summed E-state index contributed by atoms with van der Waals surface area (Å²) in [5, 5.41) is 6.51. The van der Waals surface area contributed by atoms with Crippen LogP contribution in [-0.4, -0.2) is 4.57 Å². The Morgan fingerprint density at radius 3 is 2.68 bits per heavy atom. The summed E-state index contributed by atoms with van der Waals surface area (Å²) in [4.78, 5) is 0. The quantitative estimate of drug-likeness (QED) is 0.362. The van der Waals surface area contributed by atoms with E-state index in [4.69, 9.17) is 23.2 Å². The van der Waals surface area contributed by atoms with Crippen molar-refractivity contribution in [3.8, 4) is 0 Å². The number of para-hydroxylation sites is 1. The number of aromatic nitrogens is 1. The van der Waals surface area contributed by atoms with Crippen molar-refractivity contribution in [3.63, 3.8) is 0 Å². The Morgan fingerprint density at radius 1 is 0.909 bits per heavy atom. The summed E-state index contributed by atoms with van der Waals surface area (Å²) in [6, 6.07) is 14.6. The maximum Gasteiger partial charge on any atom is 0.0545 e. The molecule has 4 aromatic rings.